The minimum atomic E-state index is -0.951. The number of aliphatic imine (C=N–C) groups is 1. The standard InChI is InChI=1S/C18H26N4O3S/c1-22(2)9-8-19-17(25)12-10-13(23)15(24)14-16(12)26-18(21-14)20-11-6-4-3-5-7-11/h3-7,12-16,23-24H,8-10H2,1-2H3,(H,19,25)(H,20,21)/t12-,13+,14-,15-,16+/m0/s1. The first-order valence-corrected chi connectivity index (χ1v) is 9.69. The topological polar surface area (TPSA) is 97.2 Å². The number of carbonyl (C=O) groups is 1. The van der Waals surface area contributed by atoms with Gasteiger partial charge in [0.1, 0.15) is 6.10 Å². The fraction of sp³-hybridized carbons (Fsp3) is 0.556. The van der Waals surface area contributed by atoms with Crippen LogP contribution in [0.3, 0.4) is 0 Å². The monoisotopic (exact) mass is 378 g/mol. The first-order chi connectivity index (χ1) is 12.5. The van der Waals surface area contributed by atoms with Crippen LogP contribution < -0.4 is 10.6 Å². The molecule has 1 aromatic carbocycles. The van der Waals surface area contributed by atoms with Crippen LogP contribution in [0.25, 0.3) is 0 Å². The van der Waals surface area contributed by atoms with Gasteiger partial charge in [0.2, 0.25) is 5.91 Å². The molecule has 0 radical (unpaired) electrons. The Balaban J connectivity index is 1.68. The summed E-state index contributed by atoms with van der Waals surface area (Å²) in [7, 11) is 3.90. The molecule has 0 aromatic heterocycles. The predicted octanol–water partition coefficient (Wildman–Crippen LogP) is 0.358. The van der Waals surface area contributed by atoms with Crippen LogP contribution in [0.2, 0.25) is 0 Å². The van der Waals surface area contributed by atoms with E-state index in [1.165, 1.54) is 11.8 Å². The Labute approximate surface area is 157 Å². The van der Waals surface area contributed by atoms with E-state index in [0.717, 1.165) is 12.2 Å². The van der Waals surface area contributed by atoms with Crippen LogP contribution in [0.4, 0.5) is 5.69 Å². The number of amides is 1. The van der Waals surface area contributed by atoms with E-state index in [0.29, 0.717) is 11.7 Å². The van der Waals surface area contributed by atoms with E-state index in [-0.39, 0.29) is 23.5 Å². The number of nitrogens with one attached hydrogen (secondary N) is 2. The normalized spacial score (nSPS) is 30.7. The average Bonchev–Trinajstić information content (AvgIpc) is 3.02. The van der Waals surface area contributed by atoms with E-state index in [2.05, 4.69) is 15.6 Å². The Morgan fingerprint density at radius 2 is 2.04 bits per heavy atom. The van der Waals surface area contributed by atoms with Gasteiger partial charge in [0.25, 0.3) is 0 Å². The fourth-order valence-corrected chi connectivity index (χ4v) is 4.66. The van der Waals surface area contributed by atoms with Gasteiger partial charge in [-0.1, -0.05) is 30.0 Å². The van der Waals surface area contributed by atoms with Crippen molar-refractivity contribution in [1.29, 1.82) is 0 Å². The Hall–Kier alpha value is -1.61. The van der Waals surface area contributed by atoms with Gasteiger partial charge in [-0.05, 0) is 32.6 Å². The third-order valence-corrected chi connectivity index (χ3v) is 6.02. The highest BCUT2D eigenvalue weighted by Crippen LogP contribution is 2.41. The summed E-state index contributed by atoms with van der Waals surface area (Å²) in [6, 6.07) is 9.16. The van der Waals surface area contributed by atoms with Crippen LogP contribution in [0.1, 0.15) is 6.42 Å². The zero-order valence-electron chi connectivity index (χ0n) is 15.0. The van der Waals surface area contributed by atoms with Gasteiger partial charge >= 0.3 is 0 Å². The lowest BCUT2D eigenvalue weighted by Gasteiger charge is -2.37. The Morgan fingerprint density at radius 3 is 2.73 bits per heavy atom. The summed E-state index contributed by atoms with van der Waals surface area (Å²) >= 11 is 1.47. The molecule has 1 heterocycles. The van der Waals surface area contributed by atoms with E-state index in [1.807, 2.05) is 49.3 Å². The molecule has 0 bridgehead atoms. The van der Waals surface area contributed by atoms with Crippen molar-refractivity contribution in [3.05, 3.63) is 30.3 Å². The van der Waals surface area contributed by atoms with E-state index in [4.69, 9.17) is 0 Å². The van der Waals surface area contributed by atoms with Crippen molar-refractivity contribution < 1.29 is 15.0 Å². The first kappa shape index (κ1) is 19.2. The minimum absolute atomic E-state index is 0.0866. The molecule has 1 aliphatic heterocycles. The van der Waals surface area contributed by atoms with Gasteiger partial charge < -0.3 is 25.7 Å². The summed E-state index contributed by atoms with van der Waals surface area (Å²) in [5.41, 5.74) is 0.902. The molecule has 7 nitrogen and oxygen atoms in total. The summed E-state index contributed by atoms with van der Waals surface area (Å²) in [6.07, 6.45) is -1.65. The number of carbonyl (C=O) groups excluding carboxylic acids is 1. The van der Waals surface area contributed by atoms with Gasteiger partial charge in [0.15, 0.2) is 5.17 Å². The maximum absolute atomic E-state index is 12.6. The third-order valence-electron chi connectivity index (χ3n) is 4.71. The summed E-state index contributed by atoms with van der Waals surface area (Å²) in [4.78, 5) is 19.2. The van der Waals surface area contributed by atoms with E-state index < -0.39 is 18.2 Å². The summed E-state index contributed by atoms with van der Waals surface area (Å²) < 4.78 is 0. The number of fused-ring (bicyclic) bond motifs is 1. The Kier molecular flexibility index (Phi) is 6.18. The molecular formula is C18H26N4O3S. The van der Waals surface area contributed by atoms with Crippen molar-refractivity contribution in [2.75, 3.05) is 32.5 Å². The molecule has 4 N–H and O–H groups in total. The smallest absolute Gasteiger partial charge is 0.224 e. The molecule has 1 amide bonds. The second-order valence-electron chi connectivity index (χ2n) is 6.99. The van der Waals surface area contributed by atoms with Crippen LogP contribution in [0.15, 0.2) is 35.3 Å². The summed E-state index contributed by atoms with van der Waals surface area (Å²) in [5.74, 6) is -0.471. The van der Waals surface area contributed by atoms with Gasteiger partial charge in [0, 0.05) is 24.0 Å². The molecule has 26 heavy (non-hydrogen) atoms. The lowest BCUT2D eigenvalue weighted by Crippen LogP contribution is -2.54. The molecule has 1 saturated carbocycles. The van der Waals surface area contributed by atoms with E-state index in [1.54, 1.807) is 0 Å². The molecule has 1 aromatic rings. The Morgan fingerprint density at radius 1 is 1.31 bits per heavy atom. The van der Waals surface area contributed by atoms with Crippen molar-refractivity contribution in [3.63, 3.8) is 0 Å². The number of amidine groups is 1. The van der Waals surface area contributed by atoms with Crippen LogP contribution in [0, 0.1) is 5.92 Å². The van der Waals surface area contributed by atoms with Crippen LogP contribution in [0.5, 0.6) is 0 Å². The number of hydrogen-bond acceptors (Lipinski definition) is 7. The molecule has 142 valence electrons. The van der Waals surface area contributed by atoms with Gasteiger partial charge in [-0.2, -0.15) is 0 Å². The highest BCUT2D eigenvalue weighted by Gasteiger charge is 2.50. The number of nitrogens with zero attached hydrogens (tertiary/aromatic N) is 2. The third kappa shape index (κ3) is 4.37. The molecule has 8 heteroatoms. The molecule has 0 unspecified atom stereocenters. The van der Waals surface area contributed by atoms with Crippen LogP contribution in [-0.2, 0) is 4.79 Å². The van der Waals surface area contributed by atoms with Crippen molar-refractivity contribution in [2.45, 2.75) is 29.9 Å². The molecule has 0 spiro atoms. The number of aliphatic hydroxyl groups is 2. The average molecular weight is 378 g/mol. The van der Waals surface area contributed by atoms with Gasteiger partial charge in [-0.25, -0.2) is 0 Å². The zero-order valence-corrected chi connectivity index (χ0v) is 15.8. The quantitative estimate of drug-likeness (QED) is 0.591. The lowest BCUT2D eigenvalue weighted by atomic mass is 9.81. The molecule has 1 aliphatic carbocycles. The highest BCUT2D eigenvalue weighted by atomic mass is 32.2. The van der Waals surface area contributed by atoms with E-state index >= 15 is 0 Å². The highest BCUT2D eigenvalue weighted by molar-refractivity contribution is 8.15. The SMILES string of the molecule is CN(C)CCNC(=O)[C@H]1C[C@@H](O)[C@H](O)[C@@H]2N=C(Nc3ccccc3)S[C@@H]21. The maximum atomic E-state index is 12.6. The molecular weight excluding hydrogens is 352 g/mol. The number of rotatable bonds is 5. The second-order valence-corrected chi connectivity index (χ2v) is 8.16. The van der Waals surface area contributed by atoms with Gasteiger partial charge in [-0.3, -0.25) is 9.79 Å². The summed E-state index contributed by atoms with van der Waals surface area (Å²) in [6.45, 7) is 1.31. The fourth-order valence-electron chi connectivity index (χ4n) is 3.29. The first-order valence-electron chi connectivity index (χ1n) is 8.81. The molecule has 3 rings (SSSR count). The molecule has 5 atom stereocenters. The van der Waals surface area contributed by atoms with Crippen molar-refractivity contribution in [1.82, 2.24) is 10.2 Å². The van der Waals surface area contributed by atoms with Crippen LogP contribution >= 0.6 is 11.8 Å². The van der Waals surface area contributed by atoms with Crippen molar-refractivity contribution in [2.24, 2.45) is 10.9 Å². The zero-order chi connectivity index (χ0) is 18.7. The molecule has 1 fully saturated rings. The molecule has 2 aliphatic rings. The Bertz CT molecular complexity index is 655. The van der Waals surface area contributed by atoms with Gasteiger partial charge in [0.05, 0.1) is 18.1 Å². The molecule has 0 saturated heterocycles. The number of benzene rings is 1. The van der Waals surface area contributed by atoms with Crippen molar-refractivity contribution >= 4 is 28.5 Å². The number of likely N-dealkylation sites (N-methyl/N-ethyl adjacent to an activating group) is 1. The minimum Gasteiger partial charge on any atom is -0.390 e. The number of aliphatic hydroxyl groups excluding tert-OH is 2. The van der Waals surface area contributed by atoms with E-state index in [9.17, 15) is 15.0 Å². The number of hydrogen-bond donors (Lipinski definition) is 4. The summed E-state index contributed by atoms with van der Waals surface area (Å²) in [5, 5.41) is 27.2. The lowest BCUT2D eigenvalue weighted by molar-refractivity contribution is -0.129. The largest absolute Gasteiger partial charge is 0.390 e. The van der Waals surface area contributed by atoms with Crippen molar-refractivity contribution in [3.8, 4) is 0 Å². The number of para-hydroxylation sites is 1. The van der Waals surface area contributed by atoms with Gasteiger partial charge in [-0.15, -0.1) is 0 Å². The second kappa shape index (κ2) is 8.39. The number of anilines is 1. The maximum Gasteiger partial charge on any atom is 0.224 e. The number of thioether (sulfide) groups is 1. The van der Waals surface area contributed by atoms with Crippen LogP contribution in [-0.4, -0.2) is 76.9 Å². The predicted molar refractivity (Wildman–Crippen MR) is 104 cm³/mol.